The molecule has 0 aliphatic heterocycles. The second-order valence-electron chi connectivity index (χ2n) is 5.16. The van der Waals surface area contributed by atoms with Crippen LogP contribution in [0.3, 0.4) is 0 Å². The van der Waals surface area contributed by atoms with Gasteiger partial charge in [0, 0.05) is 15.7 Å². The van der Waals surface area contributed by atoms with Gasteiger partial charge in [0.1, 0.15) is 5.82 Å². The third kappa shape index (κ3) is 4.63. The molecule has 2 aromatic rings. The molecule has 0 heterocycles. The van der Waals surface area contributed by atoms with E-state index in [-0.39, 0.29) is 18.0 Å². The SMILES string of the molecule is Cc1ccc(C(=O)NCC(=O)Nc2ccc(Br)c(C)c2)cc1F. The number of hydrogen-bond acceptors (Lipinski definition) is 2. The zero-order chi connectivity index (χ0) is 17.0. The topological polar surface area (TPSA) is 58.2 Å². The minimum Gasteiger partial charge on any atom is -0.343 e. The number of hydrogen-bond donors (Lipinski definition) is 2. The fourth-order valence-electron chi connectivity index (χ4n) is 1.92. The van der Waals surface area contributed by atoms with Crippen LogP contribution in [0.1, 0.15) is 21.5 Å². The summed E-state index contributed by atoms with van der Waals surface area (Å²) in [4.78, 5) is 23.8. The fraction of sp³-hybridized carbons (Fsp3) is 0.176. The van der Waals surface area contributed by atoms with Gasteiger partial charge in [0.05, 0.1) is 6.54 Å². The highest BCUT2D eigenvalue weighted by molar-refractivity contribution is 9.10. The zero-order valence-electron chi connectivity index (χ0n) is 12.7. The molecule has 0 spiro atoms. The lowest BCUT2D eigenvalue weighted by molar-refractivity contribution is -0.115. The van der Waals surface area contributed by atoms with E-state index >= 15 is 0 Å². The lowest BCUT2D eigenvalue weighted by Crippen LogP contribution is -2.32. The van der Waals surface area contributed by atoms with Gasteiger partial charge in [-0.3, -0.25) is 9.59 Å². The van der Waals surface area contributed by atoms with Gasteiger partial charge in [-0.1, -0.05) is 22.0 Å². The van der Waals surface area contributed by atoms with E-state index < -0.39 is 11.7 Å². The van der Waals surface area contributed by atoms with Crippen molar-refractivity contribution < 1.29 is 14.0 Å². The average molecular weight is 379 g/mol. The van der Waals surface area contributed by atoms with Crippen LogP contribution >= 0.6 is 15.9 Å². The molecule has 0 aliphatic rings. The summed E-state index contributed by atoms with van der Waals surface area (Å²) >= 11 is 3.38. The molecule has 0 fully saturated rings. The maximum atomic E-state index is 13.4. The van der Waals surface area contributed by atoms with E-state index in [1.807, 2.05) is 19.1 Å². The second-order valence-corrected chi connectivity index (χ2v) is 6.01. The first-order valence-electron chi connectivity index (χ1n) is 6.97. The molecule has 2 N–H and O–H groups in total. The summed E-state index contributed by atoms with van der Waals surface area (Å²) in [7, 11) is 0. The van der Waals surface area contributed by atoms with Gasteiger partial charge in [0.15, 0.2) is 0 Å². The van der Waals surface area contributed by atoms with Crippen LogP contribution in [0.4, 0.5) is 10.1 Å². The van der Waals surface area contributed by atoms with Crippen LogP contribution in [-0.4, -0.2) is 18.4 Å². The molecule has 0 aromatic heterocycles. The standard InChI is InChI=1S/C17H16BrFN2O2/c1-10-3-4-12(8-15(10)19)17(23)20-9-16(22)21-13-5-6-14(18)11(2)7-13/h3-8H,9H2,1-2H3,(H,20,23)(H,21,22). The lowest BCUT2D eigenvalue weighted by atomic mass is 10.1. The summed E-state index contributed by atoms with van der Waals surface area (Å²) in [6, 6.07) is 9.60. The van der Waals surface area contributed by atoms with Crippen molar-refractivity contribution in [3.05, 3.63) is 63.4 Å². The first-order chi connectivity index (χ1) is 10.9. The summed E-state index contributed by atoms with van der Waals surface area (Å²) in [6.45, 7) is 3.33. The van der Waals surface area contributed by atoms with Crippen LogP contribution < -0.4 is 10.6 Å². The Kier molecular flexibility index (Phi) is 5.50. The summed E-state index contributed by atoms with van der Waals surface area (Å²) in [6.07, 6.45) is 0. The number of halogens is 2. The maximum absolute atomic E-state index is 13.4. The molecule has 120 valence electrons. The van der Waals surface area contributed by atoms with Gasteiger partial charge in [-0.25, -0.2) is 4.39 Å². The molecule has 6 heteroatoms. The smallest absolute Gasteiger partial charge is 0.251 e. The van der Waals surface area contributed by atoms with Crippen molar-refractivity contribution in [2.75, 3.05) is 11.9 Å². The number of rotatable bonds is 4. The Morgan fingerprint density at radius 2 is 1.83 bits per heavy atom. The Balaban J connectivity index is 1.91. The molecule has 2 rings (SSSR count). The summed E-state index contributed by atoms with van der Waals surface area (Å²) < 4.78 is 14.4. The molecule has 2 aromatic carbocycles. The monoisotopic (exact) mass is 378 g/mol. The first-order valence-corrected chi connectivity index (χ1v) is 7.76. The Labute approximate surface area is 142 Å². The minimum atomic E-state index is -0.494. The molecule has 0 saturated carbocycles. The van der Waals surface area contributed by atoms with E-state index in [4.69, 9.17) is 0 Å². The third-order valence-corrected chi connectivity index (χ3v) is 4.17. The third-order valence-electron chi connectivity index (χ3n) is 3.29. The molecule has 2 amide bonds. The minimum absolute atomic E-state index is 0.181. The zero-order valence-corrected chi connectivity index (χ0v) is 14.3. The number of carbonyl (C=O) groups excluding carboxylic acids is 2. The highest BCUT2D eigenvalue weighted by atomic mass is 79.9. The fourth-order valence-corrected chi connectivity index (χ4v) is 2.17. The molecular weight excluding hydrogens is 363 g/mol. The maximum Gasteiger partial charge on any atom is 0.251 e. The Morgan fingerprint density at radius 3 is 2.48 bits per heavy atom. The number of anilines is 1. The van der Waals surface area contributed by atoms with Gasteiger partial charge < -0.3 is 10.6 Å². The van der Waals surface area contributed by atoms with E-state index in [0.29, 0.717) is 11.3 Å². The average Bonchev–Trinajstić information content (AvgIpc) is 2.51. The number of carbonyl (C=O) groups is 2. The largest absolute Gasteiger partial charge is 0.343 e. The molecule has 0 saturated heterocycles. The summed E-state index contributed by atoms with van der Waals surface area (Å²) in [5.74, 6) is -1.30. The van der Waals surface area contributed by atoms with Gasteiger partial charge in [-0.05, 0) is 55.3 Å². The van der Waals surface area contributed by atoms with Gasteiger partial charge in [-0.2, -0.15) is 0 Å². The lowest BCUT2D eigenvalue weighted by Gasteiger charge is -2.09. The normalized spacial score (nSPS) is 10.3. The molecule has 0 radical (unpaired) electrons. The molecule has 23 heavy (non-hydrogen) atoms. The molecule has 0 bridgehead atoms. The van der Waals surface area contributed by atoms with Crippen LogP contribution in [-0.2, 0) is 4.79 Å². The highest BCUT2D eigenvalue weighted by Crippen LogP contribution is 2.19. The van der Waals surface area contributed by atoms with Crippen LogP contribution in [0, 0.1) is 19.7 Å². The predicted octanol–water partition coefficient (Wildman–Crippen LogP) is 3.57. The van der Waals surface area contributed by atoms with Crippen LogP contribution in [0.5, 0.6) is 0 Å². The van der Waals surface area contributed by atoms with Crippen LogP contribution in [0.2, 0.25) is 0 Å². The number of benzene rings is 2. The van der Waals surface area contributed by atoms with Crippen molar-refractivity contribution in [1.82, 2.24) is 5.32 Å². The Morgan fingerprint density at radius 1 is 1.09 bits per heavy atom. The van der Waals surface area contributed by atoms with Gasteiger partial charge in [-0.15, -0.1) is 0 Å². The number of amides is 2. The quantitative estimate of drug-likeness (QED) is 0.854. The van der Waals surface area contributed by atoms with E-state index in [9.17, 15) is 14.0 Å². The van der Waals surface area contributed by atoms with Crippen molar-refractivity contribution in [3.8, 4) is 0 Å². The van der Waals surface area contributed by atoms with Gasteiger partial charge in [0.2, 0.25) is 5.91 Å². The van der Waals surface area contributed by atoms with E-state index in [0.717, 1.165) is 16.1 Å². The molecule has 0 aliphatic carbocycles. The molecule has 0 atom stereocenters. The summed E-state index contributed by atoms with van der Waals surface area (Å²) in [5, 5.41) is 5.15. The van der Waals surface area contributed by atoms with E-state index in [2.05, 4.69) is 26.6 Å². The molecular formula is C17H16BrFN2O2. The Bertz CT molecular complexity index is 762. The van der Waals surface area contributed by atoms with Crippen molar-refractivity contribution >= 4 is 33.4 Å². The van der Waals surface area contributed by atoms with E-state index in [1.54, 1.807) is 13.0 Å². The highest BCUT2D eigenvalue weighted by Gasteiger charge is 2.10. The number of aryl methyl sites for hydroxylation is 2. The predicted molar refractivity (Wildman–Crippen MR) is 91.0 cm³/mol. The molecule has 0 unspecified atom stereocenters. The first kappa shape index (κ1) is 17.1. The van der Waals surface area contributed by atoms with Crippen molar-refractivity contribution in [2.24, 2.45) is 0 Å². The van der Waals surface area contributed by atoms with Crippen molar-refractivity contribution in [2.45, 2.75) is 13.8 Å². The summed E-state index contributed by atoms with van der Waals surface area (Å²) in [5.41, 5.74) is 2.28. The van der Waals surface area contributed by atoms with Gasteiger partial charge in [0.25, 0.3) is 5.91 Å². The second kappa shape index (κ2) is 7.37. The Hall–Kier alpha value is -2.21. The van der Waals surface area contributed by atoms with Crippen LogP contribution in [0.25, 0.3) is 0 Å². The number of nitrogens with one attached hydrogen (secondary N) is 2. The van der Waals surface area contributed by atoms with Gasteiger partial charge >= 0.3 is 0 Å². The van der Waals surface area contributed by atoms with Crippen molar-refractivity contribution in [1.29, 1.82) is 0 Å². The van der Waals surface area contributed by atoms with Crippen LogP contribution in [0.15, 0.2) is 40.9 Å². The molecule has 4 nitrogen and oxygen atoms in total. The van der Waals surface area contributed by atoms with E-state index in [1.165, 1.54) is 12.1 Å². The van der Waals surface area contributed by atoms with Crippen molar-refractivity contribution in [3.63, 3.8) is 0 Å².